The van der Waals surface area contributed by atoms with Crippen LogP contribution < -0.4 is 0 Å². The Hall–Kier alpha value is -0.910. The van der Waals surface area contributed by atoms with E-state index in [4.69, 9.17) is 0 Å². The molecule has 0 amide bonds. The Morgan fingerprint density at radius 3 is 2.67 bits per heavy atom. The Bertz CT molecular complexity index is 409. The molecule has 0 spiro atoms. The molecule has 0 aliphatic heterocycles. The summed E-state index contributed by atoms with van der Waals surface area (Å²) in [6, 6.07) is 0. The van der Waals surface area contributed by atoms with E-state index >= 15 is 0 Å². The van der Waals surface area contributed by atoms with Crippen LogP contribution in [0.1, 0.15) is 26.5 Å². The molecule has 0 saturated heterocycles. The lowest BCUT2D eigenvalue weighted by molar-refractivity contribution is 0.472. The maximum atomic E-state index is 11.3. The van der Waals surface area contributed by atoms with Crippen molar-refractivity contribution in [1.82, 2.24) is 15.0 Å². The highest BCUT2D eigenvalue weighted by Crippen LogP contribution is 2.04. The van der Waals surface area contributed by atoms with Gasteiger partial charge >= 0.3 is 0 Å². The number of sulfone groups is 1. The van der Waals surface area contributed by atoms with Gasteiger partial charge in [0.1, 0.15) is 0 Å². The molecule has 5 nitrogen and oxygen atoms in total. The zero-order valence-electron chi connectivity index (χ0n) is 9.34. The predicted molar refractivity (Wildman–Crippen MR) is 58.0 cm³/mol. The average molecular weight is 231 g/mol. The van der Waals surface area contributed by atoms with Gasteiger partial charge in [0.2, 0.25) is 0 Å². The molecule has 15 heavy (non-hydrogen) atoms. The van der Waals surface area contributed by atoms with Crippen molar-refractivity contribution in [1.29, 1.82) is 0 Å². The van der Waals surface area contributed by atoms with Gasteiger partial charge in [0.05, 0.1) is 11.4 Å². The highest BCUT2D eigenvalue weighted by molar-refractivity contribution is 7.90. The molecule has 0 N–H and O–H groups in total. The molecule has 0 saturated carbocycles. The Morgan fingerprint density at radius 2 is 2.13 bits per heavy atom. The zero-order valence-corrected chi connectivity index (χ0v) is 10.2. The summed E-state index contributed by atoms with van der Waals surface area (Å²) in [7, 11) is -3.00. The van der Waals surface area contributed by atoms with Crippen LogP contribution in [0.15, 0.2) is 6.20 Å². The summed E-state index contributed by atoms with van der Waals surface area (Å²) in [4.78, 5) is 0. The predicted octanol–water partition coefficient (Wildman–Crippen LogP) is 0.869. The summed E-state index contributed by atoms with van der Waals surface area (Å²) in [5.74, 6) is 0.605. The van der Waals surface area contributed by atoms with Gasteiger partial charge in [-0.15, -0.1) is 5.10 Å². The fourth-order valence-corrected chi connectivity index (χ4v) is 1.98. The van der Waals surface area contributed by atoms with Crippen LogP contribution in [0.3, 0.4) is 0 Å². The van der Waals surface area contributed by atoms with E-state index < -0.39 is 9.84 Å². The summed E-state index contributed by atoms with van der Waals surface area (Å²) < 4.78 is 24.3. The van der Waals surface area contributed by atoms with Crippen LogP contribution in [0.25, 0.3) is 0 Å². The third kappa shape index (κ3) is 3.99. The minimum Gasteiger partial charge on any atom is -0.252 e. The van der Waals surface area contributed by atoms with Crippen LogP contribution in [0, 0.1) is 5.92 Å². The molecule has 0 unspecified atom stereocenters. The van der Waals surface area contributed by atoms with E-state index in [2.05, 4.69) is 24.2 Å². The van der Waals surface area contributed by atoms with Crippen LogP contribution in [-0.2, 0) is 22.1 Å². The second kappa shape index (κ2) is 4.74. The fraction of sp³-hybridized carbons (Fsp3) is 0.778. The van der Waals surface area contributed by atoms with E-state index in [-0.39, 0.29) is 11.5 Å². The lowest BCUT2D eigenvalue weighted by Crippen LogP contribution is -2.07. The van der Waals surface area contributed by atoms with Gasteiger partial charge in [0.15, 0.2) is 9.84 Å². The van der Waals surface area contributed by atoms with E-state index in [0.29, 0.717) is 11.6 Å². The van der Waals surface area contributed by atoms with Gasteiger partial charge in [0, 0.05) is 18.5 Å². The lowest BCUT2D eigenvalue weighted by atomic mass is 10.2. The molecule has 0 aliphatic carbocycles. The molecule has 0 fully saturated rings. The summed E-state index contributed by atoms with van der Waals surface area (Å²) in [5, 5.41) is 7.71. The van der Waals surface area contributed by atoms with Crippen molar-refractivity contribution in [2.24, 2.45) is 5.92 Å². The molecule has 0 bridgehead atoms. The molecule has 86 valence electrons. The SMILES string of the molecule is CCS(=O)(=O)Cc1cn(CC(C)C)nn1. The van der Waals surface area contributed by atoms with E-state index in [1.807, 2.05) is 0 Å². The molecular weight excluding hydrogens is 214 g/mol. The van der Waals surface area contributed by atoms with Gasteiger partial charge in [-0.25, -0.2) is 8.42 Å². The van der Waals surface area contributed by atoms with Gasteiger partial charge in [-0.3, -0.25) is 4.68 Å². The van der Waals surface area contributed by atoms with Crippen molar-refractivity contribution >= 4 is 9.84 Å². The van der Waals surface area contributed by atoms with Crippen molar-refractivity contribution in [2.75, 3.05) is 5.75 Å². The third-order valence-corrected chi connectivity index (χ3v) is 3.56. The number of hydrogen-bond acceptors (Lipinski definition) is 4. The van der Waals surface area contributed by atoms with Gasteiger partial charge in [-0.1, -0.05) is 26.0 Å². The first-order chi connectivity index (χ1) is 6.93. The van der Waals surface area contributed by atoms with Crippen molar-refractivity contribution in [3.63, 3.8) is 0 Å². The van der Waals surface area contributed by atoms with E-state index in [0.717, 1.165) is 6.54 Å². The van der Waals surface area contributed by atoms with Crippen LogP contribution in [0.5, 0.6) is 0 Å². The number of rotatable bonds is 5. The second-order valence-corrected chi connectivity index (χ2v) is 6.36. The lowest BCUT2D eigenvalue weighted by Gasteiger charge is -2.01. The summed E-state index contributed by atoms with van der Waals surface area (Å²) in [5.41, 5.74) is 0.525. The molecule has 1 aromatic heterocycles. The minimum absolute atomic E-state index is 0.0123. The smallest absolute Gasteiger partial charge is 0.155 e. The van der Waals surface area contributed by atoms with Gasteiger partial charge < -0.3 is 0 Å². The van der Waals surface area contributed by atoms with Crippen LogP contribution in [0.2, 0.25) is 0 Å². The molecule has 0 atom stereocenters. The molecule has 6 heteroatoms. The van der Waals surface area contributed by atoms with Crippen LogP contribution in [-0.4, -0.2) is 29.2 Å². The van der Waals surface area contributed by atoms with Crippen molar-refractivity contribution in [3.8, 4) is 0 Å². The highest BCUT2D eigenvalue weighted by atomic mass is 32.2. The summed E-state index contributed by atoms with van der Waals surface area (Å²) in [6.07, 6.45) is 1.70. The molecule has 0 aliphatic rings. The summed E-state index contributed by atoms with van der Waals surface area (Å²) >= 11 is 0. The van der Waals surface area contributed by atoms with Crippen LogP contribution in [0.4, 0.5) is 0 Å². The first-order valence-electron chi connectivity index (χ1n) is 5.02. The fourth-order valence-electron chi connectivity index (χ4n) is 1.20. The van der Waals surface area contributed by atoms with Gasteiger partial charge in [-0.2, -0.15) is 0 Å². The standard InChI is InChI=1S/C9H17N3O2S/c1-4-15(13,14)7-9-6-12(11-10-9)5-8(2)3/h6,8H,4-5,7H2,1-3H3. The number of aromatic nitrogens is 3. The second-order valence-electron chi connectivity index (χ2n) is 4.00. The molecule has 0 aromatic carbocycles. The Morgan fingerprint density at radius 1 is 1.47 bits per heavy atom. The van der Waals surface area contributed by atoms with Crippen molar-refractivity contribution in [2.45, 2.75) is 33.1 Å². The van der Waals surface area contributed by atoms with Crippen molar-refractivity contribution in [3.05, 3.63) is 11.9 Å². The number of nitrogens with zero attached hydrogens (tertiary/aromatic N) is 3. The first kappa shape index (κ1) is 12.2. The van der Waals surface area contributed by atoms with Crippen molar-refractivity contribution < 1.29 is 8.42 Å². The molecular formula is C9H17N3O2S. The van der Waals surface area contributed by atoms with E-state index in [1.165, 1.54) is 0 Å². The molecule has 0 radical (unpaired) electrons. The zero-order chi connectivity index (χ0) is 11.5. The minimum atomic E-state index is -3.00. The van der Waals surface area contributed by atoms with E-state index in [1.54, 1.807) is 17.8 Å². The van der Waals surface area contributed by atoms with Gasteiger partial charge in [-0.05, 0) is 5.92 Å². The molecule has 1 aromatic rings. The van der Waals surface area contributed by atoms with Gasteiger partial charge in [0.25, 0.3) is 0 Å². The van der Waals surface area contributed by atoms with Crippen LogP contribution >= 0.6 is 0 Å². The maximum absolute atomic E-state index is 11.3. The Labute approximate surface area is 90.4 Å². The third-order valence-electron chi connectivity index (χ3n) is 1.95. The molecule has 1 rings (SSSR count). The highest BCUT2D eigenvalue weighted by Gasteiger charge is 2.12. The maximum Gasteiger partial charge on any atom is 0.155 e. The largest absolute Gasteiger partial charge is 0.252 e. The monoisotopic (exact) mass is 231 g/mol. The topological polar surface area (TPSA) is 64.8 Å². The number of hydrogen-bond donors (Lipinski definition) is 0. The Balaban J connectivity index is 2.69. The normalized spacial score (nSPS) is 12.3. The quantitative estimate of drug-likeness (QED) is 0.754. The summed E-state index contributed by atoms with van der Waals surface area (Å²) in [6.45, 7) is 6.54. The average Bonchev–Trinajstić information content (AvgIpc) is 2.50. The Kier molecular flexibility index (Phi) is 3.84. The first-order valence-corrected chi connectivity index (χ1v) is 6.84. The van der Waals surface area contributed by atoms with E-state index in [9.17, 15) is 8.42 Å². The molecule has 1 heterocycles.